The van der Waals surface area contributed by atoms with Crippen LogP contribution in [0.1, 0.15) is 60.4 Å². The van der Waals surface area contributed by atoms with Crippen molar-refractivity contribution in [2.45, 2.75) is 63.0 Å². The molecule has 3 saturated heterocycles. The molecule has 38 heavy (non-hydrogen) atoms. The molecule has 11 heteroatoms. The lowest BCUT2D eigenvalue weighted by Crippen LogP contribution is -2.48. The van der Waals surface area contributed by atoms with Crippen molar-refractivity contribution in [1.29, 1.82) is 0 Å². The van der Waals surface area contributed by atoms with Crippen molar-refractivity contribution in [2.75, 3.05) is 24.5 Å². The number of fused-ring (bicyclic) bond motifs is 1. The van der Waals surface area contributed by atoms with E-state index in [9.17, 15) is 27.6 Å². The summed E-state index contributed by atoms with van der Waals surface area (Å²) >= 11 is 1.83. The van der Waals surface area contributed by atoms with Crippen LogP contribution in [0.3, 0.4) is 0 Å². The molecule has 1 aliphatic carbocycles. The average Bonchev–Trinajstić information content (AvgIpc) is 3.53. The van der Waals surface area contributed by atoms with Gasteiger partial charge in [-0.3, -0.25) is 4.79 Å². The van der Waals surface area contributed by atoms with Gasteiger partial charge < -0.3 is 14.4 Å². The van der Waals surface area contributed by atoms with Crippen molar-refractivity contribution in [3.05, 3.63) is 51.7 Å². The third-order valence-corrected chi connectivity index (χ3v) is 9.46. The van der Waals surface area contributed by atoms with Crippen LogP contribution in [0.5, 0.6) is 0 Å². The minimum Gasteiger partial charge on any atom is -0.394 e. The molecule has 2 aromatic rings. The first kappa shape index (κ1) is 25.4. The Balaban J connectivity index is 1.19. The molecule has 0 N–H and O–H groups in total. The van der Waals surface area contributed by atoms with E-state index in [4.69, 9.17) is 9.47 Å². The molecule has 0 saturated carbocycles. The van der Waals surface area contributed by atoms with Crippen LogP contribution in [0.2, 0.25) is 0 Å². The zero-order chi connectivity index (χ0) is 26.7. The SMILES string of the molecule is O=C1OC2(CC3(CCN(CCC4CCCc5sccc54)CC3)C(=O)N2c2ccc(C(F)(F)F)cc2)OC1=O. The fraction of sp³-hybridized carbons (Fsp3) is 0.519. The lowest BCUT2D eigenvalue weighted by molar-refractivity contribution is -0.177. The number of halogens is 3. The van der Waals surface area contributed by atoms with Gasteiger partial charge in [-0.25, -0.2) is 14.5 Å². The quantitative estimate of drug-likeness (QED) is 0.402. The molecule has 1 aromatic heterocycles. The molecule has 0 radical (unpaired) electrons. The molecule has 202 valence electrons. The highest BCUT2D eigenvalue weighted by Gasteiger charge is 2.68. The fourth-order valence-corrected chi connectivity index (χ4v) is 7.47. The molecule has 3 fully saturated rings. The van der Waals surface area contributed by atoms with Crippen LogP contribution < -0.4 is 4.90 Å². The topological polar surface area (TPSA) is 76.2 Å². The zero-order valence-corrected chi connectivity index (χ0v) is 21.4. The van der Waals surface area contributed by atoms with E-state index < -0.39 is 40.9 Å². The summed E-state index contributed by atoms with van der Waals surface area (Å²) in [6, 6.07) is 6.23. The fourth-order valence-electron chi connectivity index (χ4n) is 6.46. The van der Waals surface area contributed by atoms with Crippen molar-refractivity contribution >= 4 is 34.9 Å². The molecule has 4 aliphatic rings. The lowest BCUT2D eigenvalue weighted by atomic mass is 9.76. The Morgan fingerprint density at radius 1 is 1.00 bits per heavy atom. The van der Waals surface area contributed by atoms with Gasteiger partial charge in [0.1, 0.15) is 0 Å². The minimum atomic E-state index is -4.55. The smallest absolute Gasteiger partial charge is 0.394 e. The number of nitrogens with zero attached hydrogens (tertiary/aromatic N) is 2. The summed E-state index contributed by atoms with van der Waals surface area (Å²) in [6.07, 6.45) is 0.921. The molecule has 2 spiro atoms. The van der Waals surface area contributed by atoms with Gasteiger partial charge in [0.25, 0.3) is 0 Å². The van der Waals surface area contributed by atoms with Crippen LogP contribution in [-0.2, 0) is 36.5 Å². The molecule has 1 amide bonds. The molecule has 1 aromatic carbocycles. The van der Waals surface area contributed by atoms with Crippen LogP contribution in [0.15, 0.2) is 35.7 Å². The highest BCUT2D eigenvalue weighted by molar-refractivity contribution is 7.10. The first-order chi connectivity index (χ1) is 18.1. The van der Waals surface area contributed by atoms with Crippen LogP contribution in [-0.4, -0.2) is 48.3 Å². The second-order valence-electron chi connectivity index (χ2n) is 10.7. The number of alkyl halides is 3. The van der Waals surface area contributed by atoms with Crippen LogP contribution >= 0.6 is 11.3 Å². The Kier molecular flexibility index (Phi) is 6.06. The zero-order valence-electron chi connectivity index (χ0n) is 20.6. The van der Waals surface area contributed by atoms with E-state index >= 15 is 0 Å². The van der Waals surface area contributed by atoms with Gasteiger partial charge in [0.05, 0.1) is 23.1 Å². The van der Waals surface area contributed by atoms with Gasteiger partial charge in [0, 0.05) is 4.88 Å². The van der Waals surface area contributed by atoms with Gasteiger partial charge in [-0.15, -0.1) is 11.3 Å². The maximum atomic E-state index is 13.9. The number of esters is 2. The molecule has 1 unspecified atom stereocenters. The van der Waals surface area contributed by atoms with Crippen LogP contribution in [0, 0.1) is 5.41 Å². The van der Waals surface area contributed by atoms with Gasteiger partial charge in [-0.1, -0.05) is 0 Å². The van der Waals surface area contributed by atoms with Gasteiger partial charge in [0.2, 0.25) is 5.91 Å². The summed E-state index contributed by atoms with van der Waals surface area (Å²) in [5.74, 6) is -4.28. The highest BCUT2D eigenvalue weighted by atomic mass is 32.1. The van der Waals surface area contributed by atoms with E-state index in [2.05, 4.69) is 16.3 Å². The molecular weight excluding hydrogens is 521 g/mol. The summed E-state index contributed by atoms with van der Waals surface area (Å²) in [5, 5.41) is 2.17. The second kappa shape index (κ2) is 9.08. The molecule has 4 heterocycles. The van der Waals surface area contributed by atoms with Crippen molar-refractivity contribution in [3.8, 4) is 0 Å². The highest BCUT2D eigenvalue weighted by Crippen LogP contribution is 2.53. The van der Waals surface area contributed by atoms with E-state index in [1.165, 1.54) is 23.3 Å². The number of amides is 1. The third kappa shape index (κ3) is 4.20. The largest absolute Gasteiger partial charge is 0.422 e. The number of carbonyl (C=O) groups is 3. The molecule has 3 aliphatic heterocycles. The number of ether oxygens (including phenoxy) is 2. The number of piperidine rings is 1. The average molecular weight is 549 g/mol. The van der Waals surface area contributed by atoms with E-state index in [0.717, 1.165) is 48.6 Å². The monoisotopic (exact) mass is 548 g/mol. The van der Waals surface area contributed by atoms with Crippen molar-refractivity contribution < 1.29 is 37.0 Å². The summed E-state index contributed by atoms with van der Waals surface area (Å²) < 4.78 is 50.0. The Bertz CT molecular complexity index is 1250. The molecule has 6 rings (SSSR count). The van der Waals surface area contributed by atoms with E-state index in [0.29, 0.717) is 31.8 Å². The summed E-state index contributed by atoms with van der Waals surface area (Å²) in [6.45, 7) is 2.20. The summed E-state index contributed by atoms with van der Waals surface area (Å²) in [7, 11) is 0. The van der Waals surface area contributed by atoms with Gasteiger partial charge in [-0.05, 0) is 105 Å². The Labute approximate surface area is 221 Å². The number of hydrogen-bond donors (Lipinski definition) is 0. The minimum absolute atomic E-state index is 0.0495. The Morgan fingerprint density at radius 2 is 1.68 bits per heavy atom. The number of carbonyl (C=O) groups excluding carboxylic acids is 3. The van der Waals surface area contributed by atoms with Gasteiger partial charge >= 0.3 is 24.0 Å². The molecular formula is C27H27F3N2O5S. The van der Waals surface area contributed by atoms with Crippen LogP contribution in [0.25, 0.3) is 0 Å². The summed E-state index contributed by atoms with van der Waals surface area (Å²) in [5.41, 5.74) is -0.276. The second-order valence-corrected chi connectivity index (χ2v) is 11.7. The van der Waals surface area contributed by atoms with Crippen LogP contribution in [0.4, 0.5) is 18.9 Å². The van der Waals surface area contributed by atoms with E-state index in [1.807, 2.05) is 11.3 Å². The number of hydrogen-bond acceptors (Lipinski definition) is 7. The predicted molar refractivity (Wildman–Crippen MR) is 131 cm³/mol. The maximum Gasteiger partial charge on any atom is 0.422 e. The van der Waals surface area contributed by atoms with Crippen molar-refractivity contribution in [1.82, 2.24) is 4.90 Å². The first-order valence-electron chi connectivity index (χ1n) is 12.9. The van der Waals surface area contributed by atoms with Gasteiger partial charge in [0.15, 0.2) is 0 Å². The Morgan fingerprint density at radius 3 is 2.34 bits per heavy atom. The Hall–Kier alpha value is -2.92. The maximum absolute atomic E-state index is 13.9. The summed E-state index contributed by atoms with van der Waals surface area (Å²) in [4.78, 5) is 42.8. The first-order valence-corrected chi connectivity index (χ1v) is 13.8. The number of thiophene rings is 1. The van der Waals surface area contributed by atoms with Gasteiger partial charge in [-0.2, -0.15) is 13.2 Å². The number of rotatable bonds is 4. The van der Waals surface area contributed by atoms with Crippen molar-refractivity contribution in [3.63, 3.8) is 0 Å². The third-order valence-electron chi connectivity index (χ3n) is 8.47. The standard InChI is InChI=1S/C27H27F3N2O5S/c28-27(29,30)18-4-6-19(7-5-18)32-24(35)25(16-26(32)36-22(33)23(34)37-26)10-13-31(14-11-25)12-8-17-2-1-3-21-20(17)9-15-38-21/h4-7,9,15,17H,1-3,8,10-14,16H2. The molecule has 1 atom stereocenters. The normalized spacial score (nSPS) is 24.7. The van der Waals surface area contributed by atoms with E-state index in [1.54, 1.807) is 0 Å². The molecule has 7 nitrogen and oxygen atoms in total. The number of anilines is 1. The van der Waals surface area contributed by atoms with E-state index in [-0.39, 0.29) is 12.1 Å². The molecule has 0 bridgehead atoms. The number of likely N-dealkylation sites (tertiary alicyclic amines) is 1. The lowest BCUT2D eigenvalue weighted by Gasteiger charge is -2.38. The number of aryl methyl sites for hydroxylation is 1. The predicted octanol–water partition coefficient (Wildman–Crippen LogP) is 4.85. The number of benzene rings is 1. The van der Waals surface area contributed by atoms with Crippen molar-refractivity contribution in [2.24, 2.45) is 5.41 Å².